The first kappa shape index (κ1) is 25.0. The SMILES string of the molecule is O=C1NC[C@@H]2CCC[C@@H](CCOc3ccccc3C(=O)N3CCN(Cc4ccc(Cl)c(F)c4)C[C@@H]13)O2. The number of fused-ring (bicyclic) bond motifs is 4. The molecular weight excluding hydrogens is 485 g/mol. The molecule has 3 aliphatic heterocycles. The lowest BCUT2D eigenvalue weighted by Crippen LogP contribution is -2.61. The van der Waals surface area contributed by atoms with E-state index in [-0.39, 0.29) is 29.0 Å². The first-order valence-corrected chi connectivity index (χ1v) is 13.0. The number of nitrogens with one attached hydrogen (secondary N) is 1. The van der Waals surface area contributed by atoms with E-state index in [4.69, 9.17) is 21.1 Å². The topological polar surface area (TPSA) is 71.1 Å². The molecule has 3 atom stereocenters. The van der Waals surface area contributed by atoms with Crippen LogP contribution in [0.5, 0.6) is 5.75 Å². The second-order valence-electron chi connectivity index (χ2n) is 9.69. The Morgan fingerprint density at radius 3 is 2.75 bits per heavy atom. The van der Waals surface area contributed by atoms with E-state index in [0.29, 0.717) is 50.6 Å². The molecule has 0 unspecified atom stereocenters. The molecule has 2 fully saturated rings. The normalized spacial score (nSPS) is 25.7. The third-order valence-electron chi connectivity index (χ3n) is 7.17. The van der Waals surface area contributed by atoms with Crippen LogP contribution in [0.3, 0.4) is 0 Å². The maximum absolute atomic E-state index is 14.0. The summed E-state index contributed by atoms with van der Waals surface area (Å²) in [4.78, 5) is 30.8. The van der Waals surface area contributed by atoms with Crippen LogP contribution in [0.4, 0.5) is 4.39 Å². The van der Waals surface area contributed by atoms with Gasteiger partial charge < -0.3 is 19.7 Å². The van der Waals surface area contributed by atoms with Crippen molar-refractivity contribution in [2.75, 3.05) is 32.8 Å². The van der Waals surface area contributed by atoms with E-state index in [9.17, 15) is 14.0 Å². The molecule has 0 aliphatic carbocycles. The number of ether oxygens (including phenoxy) is 2. The Balaban J connectivity index is 1.40. The minimum atomic E-state index is -0.696. The molecule has 5 rings (SSSR count). The Hall–Kier alpha value is -2.68. The van der Waals surface area contributed by atoms with Gasteiger partial charge >= 0.3 is 0 Å². The quantitative estimate of drug-likeness (QED) is 0.661. The average molecular weight is 516 g/mol. The third-order valence-corrected chi connectivity index (χ3v) is 7.48. The zero-order chi connectivity index (χ0) is 25.1. The van der Waals surface area contributed by atoms with Crippen molar-refractivity contribution in [3.63, 3.8) is 0 Å². The maximum atomic E-state index is 14.0. The molecule has 3 heterocycles. The molecule has 192 valence electrons. The summed E-state index contributed by atoms with van der Waals surface area (Å²) in [5.74, 6) is -0.390. The van der Waals surface area contributed by atoms with Crippen molar-refractivity contribution in [2.45, 2.75) is 50.5 Å². The van der Waals surface area contributed by atoms with Crippen LogP contribution in [0.1, 0.15) is 41.6 Å². The van der Waals surface area contributed by atoms with Crippen LogP contribution < -0.4 is 10.1 Å². The standard InChI is InChI=1S/C27H31ClFN3O4/c28-22-9-8-18(14-23(22)29)16-31-11-12-32-24(17-31)26(33)30-15-20-5-3-4-19(36-20)10-13-35-25-7-2-1-6-21(25)27(32)34/h1-2,6-9,14,19-20,24H,3-5,10-13,15-17H2,(H,30,33)/t19-,20-,24-/m0/s1. The molecule has 2 amide bonds. The van der Waals surface area contributed by atoms with Crippen LogP contribution in [0.15, 0.2) is 42.5 Å². The van der Waals surface area contributed by atoms with Gasteiger partial charge in [-0.25, -0.2) is 4.39 Å². The lowest BCUT2D eigenvalue weighted by atomic mass is 10.0. The molecule has 9 heteroatoms. The summed E-state index contributed by atoms with van der Waals surface area (Å²) in [7, 11) is 0. The van der Waals surface area contributed by atoms with Crippen molar-refractivity contribution >= 4 is 23.4 Å². The van der Waals surface area contributed by atoms with Crippen LogP contribution in [0, 0.1) is 5.82 Å². The lowest BCUT2D eigenvalue weighted by Gasteiger charge is -2.41. The molecular formula is C27H31ClFN3O4. The Morgan fingerprint density at radius 2 is 1.89 bits per heavy atom. The van der Waals surface area contributed by atoms with Gasteiger partial charge in [0, 0.05) is 39.1 Å². The number of hydrogen-bond donors (Lipinski definition) is 1. The summed E-state index contributed by atoms with van der Waals surface area (Å²) in [6.07, 6.45) is 3.66. The average Bonchev–Trinajstić information content (AvgIpc) is 2.89. The molecule has 2 bridgehead atoms. The van der Waals surface area contributed by atoms with Gasteiger partial charge in [0.05, 0.1) is 29.4 Å². The predicted octanol–water partition coefficient (Wildman–Crippen LogP) is 3.64. The van der Waals surface area contributed by atoms with Crippen molar-refractivity contribution in [1.82, 2.24) is 15.1 Å². The molecule has 7 nitrogen and oxygen atoms in total. The van der Waals surface area contributed by atoms with Crippen molar-refractivity contribution in [1.29, 1.82) is 0 Å². The van der Waals surface area contributed by atoms with Gasteiger partial charge in [0.25, 0.3) is 5.91 Å². The molecule has 0 saturated carbocycles. The van der Waals surface area contributed by atoms with Crippen LogP contribution in [0.25, 0.3) is 0 Å². The van der Waals surface area contributed by atoms with E-state index in [2.05, 4.69) is 10.2 Å². The Labute approximate surface area is 215 Å². The van der Waals surface area contributed by atoms with E-state index < -0.39 is 11.9 Å². The van der Waals surface area contributed by atoms with Crippen LogP contribution in [0.2, 0.25) is 5.02 Å². The molecule has 36 heavy (non-hydrogen) atoms. The fraction of sp³-hybridized carbons (Fsp3) is 0.481. The fourth-order valence-electron chi connectivity index (χ4n) is 5.25. The number of carbonyl (C=O) groups is 2. The van der Waals surface area contributed by atoms with Gasteiger partial charge in [0.15, 0.2) is 0 Å². The summed E-state index contributed by atoms with van der Waals surface area (Å²) in [5, 5.41) is 3.12. The first-order chi connectivity index (χ1) is 17.5. The number of benzene rings is 2. The van der Waals surface area contributed by atoms with E-state index >= 15 is 0 Å². The monoisotopic (exact) mass is 515 g/mol. The molecule has 2 aromatic carbocycles. The highest BCUT2D eigenvalue weighted by molar-refractivity contribution is 6.30. The number of amides is 2. The Morgan fingerprint density at radius 1 is 1.06 bits per heavy atom. The Bertz CT molecular complexity index is 1120. The number of carbonyl (C=O) groups excluding carboxylic acids is 2. The zero-order valence-corrected chi connectivity index (χ0v) is 20.9. The van der Waals surface area contributed by atoms with Gasteiger partial charge in [-0.1, -0.05) is 29.8 Å². The molecule has 1 N–H and O–H groups in total. The summed E-state index contributed by atoms with van der Waals surface area (Å²) in [5.41, 5.74) is 1.21. The third kappa shape index (κ3) is 5.66. The van der Waals surface area contributed by atoms with Crippen LogP contribution >= 0.6 is 11.6 Å². The number of rotatable bonds is 2. The minimum Gasteiger partial charge on any atom is -0.493 e. The smallest absolute Gasteiger partial charge is 0.258 e. The number of piperazine rings is 1. The molecule has 0 spiro atoms. The summed E-state index contributed by atoms with van der Waals surface area (Å²) in [6, 6.07) is 11.2. The number of hydrogen-bond acceptors (Lipinski definition) is 5. The van der Waals surface area contributed by atoms with E-state index in [0.717, 1.165) is 31.2 Å². The van der Waals surface area contributed by atoms with Gasteiger partial charge in [-0.05, 0) is 49.1 Å². The Kier molecular flexibility index (Phi) is 7.74. The maximum Gasteiger partial charge on any atom is 0.258 e. The van der Waals surface area contributed by atoms with Crippen molar-refractivity contribution in [3.05, 3.63) is 64.4 Å². The van der Waals surface area contributed by atoms with Crippen LogP contribution in [-0.2, 0) is 16.1 Å². The highest BCUT2D eigenvalue weighted by Gasteiger charge is 2.37. The molecule has 0 aromatic heterocycles. The molecule has 0 radical (unpaired) electrons. The van der Waals surface area contributed by atoms with Crippen molar-refractivity contribution in [3.8, 4) is 5.75 Å². The van der Waals surface area contributed by atoms with E-state index in [1.54, 1.807) is 29.2 Å². The van der Waals surface area contributed by atoms with Gasteiger partial charge in [0.1, 0.15) is 17.6 Å². The van der Waals surface area contributed by atoms with Gasteiger partial charge in [-0.2, -0.15) is 0 Å². The highest BCUT2D eigenvalue weighted by Crippen LogP contribution is 2.26. The number of nitrogens with zero attached hydrogens (tertiary/aromatic N) is 2. The van der Waals surface area contributed by atoms with Gasteiger partial charge in [0.2, 0.25) is 5.91 Å². The summed E-state index contributed by atoms with van der Waals surface area (Å²) in [6.45, 7) is 2.57. The largest absolute Gasteiger partial charge is 0.493 e. The second kappa shape index (κ2) is 11.2. The fourth-order valence-corrected chi connectivity index (χ4v) is 5.36. The van der Waals surface area contributed by atoms with Gasteiger partial charge in [-0.3, -0.25) is 14.5 Å². The minimum absolute atomic E-state index is 0.0520. The van der Waals surface area contributed by atoms with E-state index in [1.807, 2.05) is 6.07 Å². The second-order valence-corrected chi connectivity index (χ2v) is 10.1. The predicted molar refractivity (Wildman–Crippen MR) is 134 cm³/mol. The molecule has 3 aliphatic rings. The molecule has 2 saturated heterocycles. The highest BCUT2D eigenvalue weighted by atomic mass is 35.5. The zero-order valence-electron chi connectivity index (χ0n) is 20.1. The van der Waals surface area contributed by atoms with Gasteiger partial charge in [-0.15, -0.1) is 0 Å². The lowest BCUT2D eigenvalue weighted by molar-refractivity contribution is -0.129. The first-order valence-electron chi connectivity index (χ1n) is 12.6. The van der Waals surface area contributed by atoms with E-state index in [1.165, 1.54) is 12.1 Å². The number of para-hydroxylation sites is 1. The summed E-state index contributed by atoms with van der Waals surface area (Å²) >= 11 is 5.83. The number of halogens is 2. The van der Waals surface area contributed by atoms with Crippen molar-refractivity contribution < 1.29 is 23.5 Å². The summed E-state index contributed by atoms with van der Waals surface area (Å²) < 4.78 is 26.2. The molecule has 2 aromatic rings. The van der Waals surface area contributed by atoms with Crippen LogP contribution in [-0.4, -0.2) is 72.6 Å². The van der Waals surface area contributed by atoms with Crippen molar-refractivity contribution in [2.24, 2.45) is 0 Å².